The van der Waals surface area contributed by atoms with Crippen molar-refractivity contribution in [2.45, 2.75) is 13.0 Å². The molecule has 2 aromatic carbocycles. The molecule has 1 atom stereocenters. The molecule has 1 fully saturated rings. The Labute approximate surface area is 178 Å². The summed E-state index contributed by atoms with van der Waals surface area (Å²) in [6.07, 6.45) is 3.08. The van der Waals surface area contributed by atoms with Crippen molar-refractivity contribution in [3.63, 3.8) is 0 Å². The maximum Gasteiger partial charge on any atom is 0.300 e. The predicted molar refractivity (Wildman–Crippen MR) is 113 cm³/mol. The molecule has 31 heavy (non-hydrogen) atoms. The van der Waals surface area contributed by atoms with E-state index in [1.54, 1.807) is 36.4 Å². The third-order valence-electron chi connectivity index (χ3n) is 5.01. The molecule has 1 aromatic heterocycles. The van der Waals surface area contributed by atoms with Gasteiger partial charge < -0.3 is 9.84 Å². The number of carbonyl (C=O) groups is 2. The monoisotopic (exact) mass is 418 g/mol. The second-order valence-corrected chi connectivity index (χ2v) is 6.88. The van der Waals surface area contributed by atoms with E-state index in [1.165, 1.54) is 41.6 Å². The number of Topliss-reactive ketones (excluding diaryl/α,β-unsaturated/α-hetero) is 1. The SMILES string of the molecule is CCOc1ccc(/C(O)=C2/C(=O)C(=O)N(c3ccc(F)cc3)C2c2ccncc2)cc1. The molecule has 1 saturated heterocycles. The first-order chi connectivity index (χ1) is 15.0. The maximum absolute atomic E-state index is 13.4. The Bertz CT molecular complexity index is 1140. The van der Waals surface area contributed by atoms with E-state index in [4.69, 9.17) is 4.74 Å². The molecular weight excluding hydrogens is 399 g/mol. The summed E-state index contributed by atoms with van der Waals surface area (Å²) in [4.78, 5) is 31.2. The molecule has 1 N–H and O–H groups in total. The third kappa shape index (κ3) is 3.77. The molecule has 1 amide bonds. The number of carbonyl (C=O) groups excluding carboxylic acids is 2. The van der Waals surface area contributed by atoms with E-state index >= 15 is 0 Å². The van der Waals surface area contributed by atoms with Crippen LogP contribution in [0.1, 0.15) is 24.1 Å². The second-order valence-electron chi connectivity index (χ2n) is 6.88. The van der Waals surface area contributed by atoms with Gasteiger partial charge in [-0.3, -0.25) is 19.5 Å². The number of aliphatic hydroxyl groups is 1. The molecule has 4 rings (SSSR count). The molecule has 6 nitrogen and oxygen atoms in total. The second kappa shape index (κ2) is 8.39. The zero-order valence-corrected chi connectivity index (χ0v) is 16.7. The van der Waals surface area contributed by atoms with Gasteiger partial charge in [0.15, 0.2) is 0 Å². The quantitative estimate of drug-likeness (QED) is 0.381. The van der Waals surface area contributed by atoms with Crippen molar-refractivity contribution in [3.8, 4) is 5.75 Å². The van der Waals surface area contributed by atoms with Gasteiger partial charge in [-0.1, -0.05) is 0 Å². The average molecular weight is 418 g/mol. The number of amides is 1. The van der Waals surface area contributed by atoms with E-state index in [0.717, 1.165) is 0 Å². The van der Waals surface area contributed by atoms with Crippen LogP contribution >= 0.6 is 0 Å². The summed E-state index contributed by atoms with van der Waals surface area (Å²) in [7, 11) is 0. The minimum absolute atomic E-state index is 0.0512. The summed E-state index contributed by atoms with van der Waals surface area (Å²) in [6.45, 7) is 2.36. The highest BCUT2D eigenvalue weighted by molar-refractivity contribution is 6.51. The van der Waals surface area contributed by atoms with Crippen LogP contribution in [0.5, 0.6) is 5.75 Å². The van der Waals surface area contributed by atoms with Crippen molar-refractivity contribution >= 4 is 23.1 Å². The van der Waals surface area contributed by atoms with E-state index in [0.29, 0.717) is 29.2 Å². The first-order valence-electron chi connectivity index (χ1n) is 9.71. The first kappa shape index (κ1) is 20.3. The van der Waals surface area contributed by atoms with Gasteiger partial charge in [0.25, 0.3) is 11.7 Å². The van der Waals surface area contributed by atoms with Gasteiger partial charge >= 0.3 is 0 Å². The van der Waals surface area contributed by atoms with E-state index in [-0.39, 0.29) is 11.3 Å². The lowest BCUT2D eigenvalue weighted by molar-refractivity contribution is -0.132. The van der Waals surface area contributed by atoms with Crippen LogP contribution in [0.4, 0.5) is 10.1 Å². The van der Waals surface area contributed by atoms with Gasteiger partial charge in [-0.05, 0) is 73.2 Å². The normalized spacial score (nSPS) is 17.7. The lowest BCUT2D eigenvalue weighted by atomic mass is 9.95. The Balaban J connectivity index is 1.87. The molecule has 2 heterocycles. The number of hydrogen-bond acceptors (Lipinski definition) is 5. The van der Waals surface area contributed by atoms with Crippen molar-refractivity contribution in [2.24, 2.45) is 0 Å². The fourth-order valence-electron chi connectivity index (χ4n) is 3.59. The summed E-state index contributed by atoms with van der Waals surface area (Å²) in [5, 5.41) is 11.0. The van der Waals surface area contributed by atoms with Crippen molar-refractivity contribution in [2.75, 3.05) is 11.5 Å². The van der Waals surface area contributed by atoms with E-state index in [2.05, 4.69) is 4.98 Å². The zero-order valence-electron chi connectivity index (χ0n) is 16.7. The van der Waals surface area contributed by atoms with E-state index in [1.807, 2.05) is 6.92 Å². The summed E-state index contributed by atoms with van der Waals surface area (Å²) in [5.74, 6) is -1.77. The van der Waals surface area contributed by atoms with Crippen molar-refractivity contribution in [1.29, 1.82) is 0 Å². The van der Waals surface area contributed by atoms with Crippen LogP contribution in [0, 0.1) is 5.82 Å². The number of ketones is 1. The Kier molecular flexibility index (Phi) is 5.49. The number of rotatable bonds is 5. The molecular formula is C24H19FN2O4. The van der Waals surface area contributed by atoms with Gasteiger partial charge in [0.05, 0.1) is 18.2 Å². The molecule has 156 valence electrons. The molecule has 3 aromatic rings. The van der Waals surface area contributed by atoms with Crippen LogP contribution in [0.2, 0.25) is 0 Å². The van der Waals surface area contributed by atoms with Gasteiger partial charge in [0.2, 0.25) is 0 Å². The lowest BCUT2D eigenvalue weighted by Crippen LogP contribution is -2.29. The van der Waals surface area contributed by atoms with Gasteiger partial charge in [0, 0.05) is 23.6 Å². The minimum Gasteiger partial charge on any atom is -0.507 e. The number of benzene rings is 2. The molecule has 1 aliphatic heterocycles. The number of aromatic nitrogens is 1. The molecule has 0 aliphatic carbocycles. The Morgan fingerprint density at radius 3 is 2.29 bits per heavy atom. The highest BCUT2D eigenvalue weighted by atomic mass is 19.1. The van der Waals surface area contributed by atoms with Crippen molar-refractivity contribution in [1.82, 2.24) is 4.98 Å². The van der Waals surface area contributed by atoms with E-state index < -0.39 is 23.5 Å². The fraction of sp³-hybridized carbons (Fsp3) is 0.125. The van der Waals surface area contributed by atoms with Crippen LogP contribution < -0.4 is 9.64 Å². The number of ether oxygens (including phenoxy) is 1. The van der Waals surface area contributed by atoms with Crippen molar-refractivity contribution < 1.29 is 23.8 Å². The summed E-state index contributed by atoms with van der Waals surface area (Å²) in [5.41, 5.74) is 1.26. The number of nitrogens with zero attached hydrogens (tertiary/aromatic N) is 2. The minimum atomic E-state index is -0.889. The molecule has 0 saturated carbocycles. The predicted octanol–water partition coefficient (Wildman–Crippen LogP) is 4.25. The topological polar surface area (TPSA) is 79.7 Å². The van der Waals surface area contributed by atoms with Gasteiger partial charge in [-0.15, -0.1) is 0 Å². The highest BCUT2D eigenvalue weighted by Gasteiger charge is 2.46. The Hall–Kier alpha value is -4.00. The zero-order chi connectivity index (χ0) is 22.0. The number of anilines is 1. The van der Waals surface area contributed by atoms with Crippen LogP contribution in [0.15, 0.2) is 78.6 Å². The smallest absolute Gasteiger partial charge is 0.300 e. The van der Waals surface area contributed by atoms with Crippen LogP contribution in [0.25, 0.3) is 5.76 Å². The number of hydrogen-bond donors (Lipinski definition) is 1. The summed E-state index contributed by atoms with van der Waals surface area (Å²) in [6, 6.07) is 14.3. The van der Waals surface area contributed by atoms with E-state index in [9.17, 15) is 19.1 Å². The van der Waals surface area contributed by atoms with Gasteiger partial charge in [-0.2, -0.15) is 0 Å². The molecule has 0 spiro atoms. The number of aliphatic hydroxyl groups excluding tert-OH is 1. The van der Waals surface area contributed by atoms with Crippen LogP contribution in [-0.4, -0.2) is 28.4 Å². The highest BCUT2D eigenvalue weighted by Crippen LogP contribution is 2.42. The number of halogens is 1. The summed E-state index contributed by atoms with van der Waals surface area (Å²) < 4.78 is 18.9. The number of pyridine rings is 1. The molecule has 1 aliphatic rings. The fourth-order valence-corrected chi connectivity index (χ4v) is 3.59. The van der Waals surface area contributed by atoms with Crippen molar-refractivity contribution in [3.05, 3.63) is 95.6 Å². The van der Waals surface area contributed by atoms with Crippen LogP contribution in [0.3, 0.4) is 0 Å². The van der Waals surface area contributed by atoms with Gasteiger partial charge in [0.1, 0.15) is 17.3 Å². The Morgan fingerprint density at radius 1 is 1.03 bits per heavy atom. The summed E-state index contributed by atoms with van der Waals surface area (Å²) >= 11 is 0. The van der Waals surface area contributed by atoms with Crippen LogP contribution in [-0.2, 0) is 9.59 Å². The van der Waals surface area contributed by atoms with Gasteiger partial charge in [-0.25, -0.2) is 4.39 Å². The molecule has 7 heteroatoms. The lowest BCUT2D eigenvalue weighted by Gasteiger charge is -2.25. The molecule has 0 bridgehead atoms. The molecule has 1 unspecified atom stereocenters. The standard InChI is InChI=1S/C24H19FN2O4/c1-2-31-19-9-3-16(4-10-19)22(28)20-21(15-11-13-26-14-12-15)27(24(30)23(20)29)18-7-5-17(25)6-8-18/h3-14,21,28H,2H2,1H3/b22-20-. The third-order valence-corrected chi connectivity index (χ3v) is 5.01. The Morgan fingerprint density at radius 2 is 1.68 bits per heavy atom. The molecule has 0 radical (unpaired) electrons. The average Bonchev–Trinajstić information content (AvgIpc) is 3.06. The maximum atomic E-state index is 13.4. The first-order valence-corrected chi connectivity index (χ1v) is 9.71. The largest absolute Gasteiger partial charge is 0.507 e.